The Morgan fingerprint density at radius 1 is 1.00 bits per heavy atom. The van der Waals surface area contributed by atoms with Gasteiger partial charge in [-0.15, -0.1) is 0 Å². The average Bonchev–Trinajstić information content (AvgIpc) is 2.72. The fourth-order valence-electron chi connectivity index (χ4n) is 2.22. The van der Waals surface area contributed by atoms with Crippen molar-refractivity contribution in [2.75, 3.05) is 5.73 Å². The number of carbonyl (C=O) groups is 3. The molecule has 1 aliphatic heterocycles. The van der Waals surface area contributed by atoms with Gasteiger partial charge in [-0.1, -0.05) is 6.07 Å². The molecule has 21 heavy (non-hydrogen) atoms. The Morgan fingerprint density at radius 2 is 1.67 bits per heavy atom. The SMILES string of the molecule is Nc1cccc2c1C(=O)N(C(=O)c1ccc(I)cc1)C2=O. The predicted octanol–water partition coefficient (Wildman–Crippen LogP) is 2.31. The van der Waals surface area contributed by atoms with Gasteiger partial charge < -0.3 is 5.73 Å². The molecule has 3 rings (SSSR count). The first-order chi connectivity index (χ1) is 10.0. The van der Waals surface area contributed by atoms with E-state index in [1.807, 2.05) is 0 Å². The first-order valence-corrected chi connectivity index (χ1v) is 7.15. The molecule has 1 heterocycles. The molecule has 0 radical (unpaired) electrons. The quantitative estimate of drug-likeness (QED) is 0.459. The minimum Gasteiger partial charge on any atom is -0.398 e. The van der Waals surface area contributed by atoms with Crippen molar-refractivity contribution in [3.05, 3.63) is 62.7 Å². The Hall–Kier alpha value is -2.22. The van der Waals surface area contributed by atoms with Gasteiger partial charge in [-0.2, -0.15) is 0 Å². The number of amides is 3. The van der Waals surface area contributed by atoms with E-state index in [-0.39, 0.29) is 22.4 Å². The second-order valence-electron chi connectivity index (χ2n) is 4.53. The highest BCUT2D eigenvalue weighted by Crippen LogP contribution is 2.28. The standard InChI is InChI=1S/C15H9IN2O3/c16-9-6-4-8(5-7-9)13(19)18-14(20)10-2-1-3-11(17)12(10)15(18)21/h1-7H,17H2. The number of benzene rings is 2. The average molecular weight is 392 g/mol. The number of nitrogens with two attached hydrogens (primary N) is 1. The molecule has 0 saturated heterocycles. The van der Waals surface area contributed by atoms with E-state index in [0.717, 1.165) is 3.57 Å². The van der Waals surface area contributed by atoms with Crippen molar-refractivity contribution < 1.29 is 14.4 Å². The van der Waals surface area contributed by atoms with Crippen LogP contribution in [0.15, 0.2) is 42.5 Å². The molecule has 2 N–H and O–H groups in total. The number of nitrogen functional groups attached to an aromatic ring is 1. The molecule has 0 saturated carbocycles. The highest BCUT2D eigenvalue weighted by molar-refractivity contribution is 14.1. The van der Waals surface area contributed by atoms with Gasteiger partial charge in [0.05, 0.1) is 11.1 Å². The van der Waals surface area contributed by atoms with Crippen LogP contribution in [0.4, 0.5) is 5.69 Å². The lowest BCUT2D eigenvalue weighted by Crippen LogP contribution is -2.36. The van der Waals surface area contributed by atoms with Crippen LogP contribution in [-0.2, 0) is 0 Å². The van der Waals surface area contributed by atoms with Crippen LogP contribution in [0.5, 0.6) is 0 Å². The molecule has 0 bridgehead atoms. The van der Waals surface area contributed by atoms with Crippen LogP contribution in [0.1, 0.15) is 31.1 Å². The van der Waals surface area contributed by atoms with E-state index in [0.29, 0.717) is 4.90 Å². The van der Waals surface area contributed by atoms with Crippen LogP contribution in [0.25, 0.3) is 0 Å². The van der Waals surface area contributed by atoms with E-state index in [2.05, 4.69) is 22.6 Å². The molecule has 3 amide bonds. The largest absolute Gasteiger partial charge is 0.398 e. The number of nitrogens with zero attached hydrogens (tertiary/aromatic N) is 1. The Labute approximate surface area is 133 Å². The summed E-state index contributed by atoms with van der Waals surface area (Å²) in [5.41, 5.74) is 6.48. The number of halogens is 1. The number of rotatable bonds is 1. The fraction of sp³-hybridized carbons (Fsp3) is 0. The van der Waals surface area contributed by atoms with Gasteiger partial charge in [-0.3, -0.25) is 14.4 Å². The van der Waals surface area contributed by atoms with Gasteiger partial charge in [-0.25, -0.2) is 4.90 Å². The Morgan fingerprint density at radius 3 is 2.29 bits per heavy atom. The van der Waals surface area contributed by atoms with E-state index in [1.54, 1.807) is 30.3 Å². The number of anilines is 1. The third-order valence-corrected chi connectivity index (χ3v) is 3.96. The van der Waals surface area contributed by atoms with Crippen molar-refractivity contribution in [2.24, 2.45) is 0 Å². The molecule has 0 atom stereocenters. The maximum Gasteiger partial charge on any atom is 0.270 e. The monoisotopic (exact) mass is 392 g/mol. The Balaban J connectivity index is 2.04. The van der Waals surface area contributed by atoms with Crippen LogP contribution in [0.3, 0.4) is 0 Å². The zero-order valence-corrected chi connectivity index (χ0v) is 12.8. The first-order valence-electron chi connectivity index (χ1n) is 6.08. The molecule has 104 valence electrons. The van der Waals surface area contributed by atoms with E-state index >= 15 is 0 Å². The van der Waals surface area contributed by atoms with E-state index in [9.17, 15) is 14.4 Å². The third kappa shape index (κ3) is 2.11. The second-order valence-corrected chi connectivity index (χ2v) is 5.77. The van der Waals surface area contributed by atoms with Crippen LogP contribution in [0.2, 0.25) is 0 Å². The van der Waals surface area contributed by atoms with E-state index in [1.165, 1.54) is 12.1 Å². The summed E-state index contributed by atoms with van der Waals surface area (Å²) in [4.78, 5) is 37.6. The Bertz CT molecular complexity index is 784. The molecule has 2 aromatic rings. The fourth-order valence-corrected chi connectivity index (χ4v) is 2.58. The highest BCUT2D eigenvalue weighted by atomic mass is 127. The van der Waals surface area contributed by atoms with Crippen LogP contribution in [0, 0.1) is 3.57 Å². The van der Waals surface area contributed by atoms with E-state index in [4.69, 9.17) is 5.73 Å². The van der Waals surface area contributed by atoms with Crippen molar-refractivity contribution in [2.45, 2.75) is 0 Å². The van der Waals surface area contributed by atoms with Gasteiger partial charge in [0.15, 0.2) is 0 Å². The molecule has 0 fully saturated rings. The number of hydrogen-bond acceptors (Lipinski definition) is 4. The number of carbonyl (C=O) groups excluding carboxylic acids is 3. The number of fused-ring (bicyclic) bond motifs is 1. The molecular formula is C15H9IN2O3. The summed E-state index contributed by atoms with van der Waals surface area (Å²) in [6.07, 6.45) is 0. The van der Waals surface area contributed by atoms with Crippen LogP contribution >= 0.6 is 22.6 Å². The van der Waals surface area contributed by atoms with Crippen molar-refractivity contribution in [3.8, 4) is 0 Å². The minimum atomic E-state index is -0.670. The predicted molar refractivity (Wildman–Crippen MR) is 84.8 cm³/mol. The highest BCUT2D eigenvalue weighted by Gasteiger charge is 2.41. The van der Waals surface area contributed by atoms with Gasteiger partial charge in [0.2, 0.25) is 0 Å². The molecule has 0 spiro atoms. The lowest BCUT2D eigenvalue weighted by Gasteiger charge is -2.11. The molecule has 0 aliphatic carbocycles. The first kappa shape index (κ1) is 13.7. The molecular weight excluding hydrogens is 383 g/mol. The summed E-state index contributed by atoms with van der Waals surface area (Å²) >= 11 is 2.11. The smallest absolute Gasteiger partial charge is 0.270 e. The Kier molecular flexibility index (Phi) is 3.25. The van der Waals surface area contributed by atoms with Gasteiger partial charge >= 0.3 is 0 Å². The zero-order valence-electron chi connectivity index (χ0n) is 10.7. The third-order valence-electron chi connectivity index (χ3n) is 3.24. The van der Waals surface area contributed by atoms with Crippen LogP contribution in [-0.4, -0.2) is 22.6 Å². The lowest BCUT2D eigenvalue weighted by atomic mass is 10.1. The van der Waals surface area contributed by atoms with Gasteiger partial charge in [0.1, 0.15) is 0 Å². The molecule has 0 aromatic heterocycles. The number of imide groups is 3. The van der Waals surface area contributed by atoms with Crippen molar-refractivity contribution in [1.82, 2.24) is 4.90 Å². The summed E-state index contributed by atoms with van der Waals surface area (Å²) in [7, 11) is 0. The minimum absolute atomic E-state index is 0.0985. The normalized spacial score (nSPS) is 13.5. The summed E-state index contributed by atoms with van der Waals surface area (Å²) in [5, 5.41) is 0. The number of hydrogen-bond donors (Lipinski definition) is 1. The molecule has 0 unspecified atom stereocenters. The lowest BCUT2D eigenvalue weighted by molar-refractivity contribution is 0.0566. The van der Waals surface area contributed by atoms with Gasteiger partial charge in [0.25, 0.3) is 17.7 Å². The van der Waals surface area contributed by atoms with Gasteiger partial charge in [0, 0.05) is 14.8 Å². The van der Waals surface area contributed by atoms with Crippen molar-refractivity contribution in [1.29, 1.82) is 0 Å². The van der Waals surface area contributed by atoms with Crippen molar-refractivity contribution >= 4 is 46.0 Å². The van der Waals surface area contributed by atoms with Crippen molar-refractivity contribution in [3.63, 3.8) is 0 Å². The molecule has 5 nitrogen and oxygen atoms in total. The van der Waals surface area contributed by atoms with Crippen LogP contribution < -0.4 is 5.73 Å². The maximum absolute atomic E-state index is 12.4. The summed E-state index contributed by atoms with van der Waals surface area (Å²) in [5.74, 6) is -1.94. The second kappa shape index (κ2) is 4.96. The summed E-state index contributed by atoms with van der Waals surface area (Å²) < 4.78 is 0.954. The van der Waals surface area contributed by atoms with E-state index < -0.39 is 17.7 Å². The summed E-state index contributed by atoms with van der Waals surface area (Å²) in [6.45, 7) is 0. The maximum atomic E-state index is 12.4. The zero-order chi connectivity index (χ0) is 15.1. The topological polar surface area (TPSA) is 80.5 Å². The van der Waals surface area contributed by atoms with Gasteiger partial charge in [-0.05, 0) is 59.0 Å². The molecule has 1 aliphatic rings. The molecule has 6 heteroatoms. The summed E-state index contributed by atoms with van der Waals surface area (Å²) in [6, 6.07) is 11.2. The molecule has 2 aromatic carbocycles.